The molecule has 6 heteroatoms. The zero-order valence-corrected chi connectivity index (χ0v) is 14.1. The number of aromatic nitrogens is 3. The van der Waals surface area contributed by atoms with Crippen LogP contribution in [0.4, 0.5) is 0 Å². The zero-order chi connectivity index (χ0) is 17.4. The van der Waals surface area contributed by atoms with Crippen LogP contribution in [0.1, 0.15) is 28.9 Å². The number of rotatable bonds is 5. The number of fused-ring (bicyclic) bond motifs is 1. The summed E-state index contributed by atoms with van der Waals surface area (Å²) in [5.74, 6) is 0.311. The molecule has 25 heavy (non-hydrogen) atoms. The highest BCUT2D eigenvalue weighted by Crippen LogP contribution is 2.31. The SMILES string of the molecule is Cc1c(-c2cncc(C(=O)NCC(N)C3CC3)n2)[nH]c2ccccc12. The monoisotopic (exact) mass is 335 g/mol. The summed E-state index contributed by atoms with van der Waals surface area (Å²) in [6.07, 6.45) is 5.47. The predicted octanol–water partition coefficient (Wildman–Crippen LogP) is 2.40. The van der Waals surface area contributed by atoms with Crippen LogP contribution in [0.2, 0.25) is 0 Å². The molecule has 4 N–H and O–H groups in total. The number of hydrogen-bond acceptors (Lipinski definition) is 4. The average molecular weight is 335 g/mol. The van der Waals surface area contributed by atoms with Gasteiger partial charge in [-0.25, -0.2) is 4.98 Å². The highest BCUT2D eigenvalue weighted by molar-refractivity contribution is 5.93. The molecule has 2 heterocycles. The molecule has 1 amide bonds. The van der Waals surface area contributed by atoms with E-state index in [1.54, 1.807) is 6.20 Å². The van der Waals surface area contributed by atoms with E-state index in [1.807, 2.05) is 25.1 Å². The molecule has 1 aliphatic carbocycles. The van der Waals surface area contributed by atoms with E-state index in [1.165, 1.54) is 6.20 Å². The van der Waals surface area contributed by atoms with Crippen LogP contribution in [-0.2, 0) is 0 Å². The summed E-state index contributed by atoms with van der Waals surface area (Å²) in [5.41, 5.74) is 10.0. The Morgan fingerprint density at radius 3 is 2.92 bits per heavy atom. The number of aromatic amines is 1. The number of amides is 1. The van der Waals surface area contributed by atoms with Crippen molar-refractivity contribution >= 4 is 16.8 Å². The molecule has 6 nitrogen and oxygen atoms in total. The molecule has 1 fully saturated rings. The quantitative estimate of drug-likeness (QED) is 0.667. The van der Waals surface area contributed by atoms with Gasteiger partial charge in [0.05, 0.1) is 18.1 Å². The summed E-state index contributed by atoms with van der Waals surface area (Å²) < 4.78 is 0. The lowest BCUT2D eigenvalue weighted by Crippen LogP contribution is -2.38. The van der Waals surface area contributed by atoms with Crippen molar-refractivity contribution in [2.24, 2.45) is 11.7 Å². The van der Waals surface area contributed by atoms with E-state index in [0.29, 0.717) is 23.9 Å². The van der Waals surface area contributed by atoms with Gasteiger partial charge in [0.25, 0.3) is 5.91 Å². The van der Waals surface area contributed by atoms with Gasteiger partial charge >= 0.3 is 0 Å². The third kappa shape index (κ3) is 3.13. The Morgan fingerprint density at radius 2 is 2.16 bits per heavy atom. The van der Waals surface area contributed by atoms with Crippen LogP contribution in [0.5, 0.6) is 0 Å². The Labute approximate surface area is 145 Å². The van der Waals surface area contributed by atoms with Crippen LogP contribution in [0.15, 0.2) is 36.7 Å². The third-order valence-corrected chi connectivity index (χ3v) is 4.81. The fraction of sp³-hybridized carbons (Fsp3) is 0.316. The van der Waals surface area contributed by atoms with Crippen LogP contribution in [-0.4, -0.2) is 33.4 Å². The normalized spacial score (nSPS) is 15.3. The number of hydrogen-bond donors (Lipinski definition) is 3. The third-order valence-electron chi connectivity index (χ3n) is 4.81. The Kier molecular flexibility index (Phi) is 3.97. The second kappa shape index (κ2) is 6.29. The Bertz CT molecular complexity index is 928. The molecule has 0 radical (unpaired) electrons. The maximum absolute atomic E-state index is 12.4. The maximum atomic E-state index is 12.4. The van der Waals surface area contributed by atoms with Crippen LogP contribution < -0.4 is 11.1 Å². The predicted molar refractivity (Wildman–Crippen MR) is 97.1 cm³/mol. The molecule has 4 rings (SSSR count). The lowest BCUT2D eigenvalue weighted by molar-refractivity contribution is 0.0945. The van der Waals surface area contributed by atoms with Gasteiger partial charge in [0.15, 0.2) is 0 Å². The molecule has 0 bridgehead atoms. The first kappa shape index (κ1) is 15.8. The van der Waals surface area contributed by atoms with Crippen molar-refractivity contribution in [1.82, 2.24) is 20.3 Å². The van der Waals surface area contributed by atoms with Crippen molar-refractivity contribution in [1.29, 1.82) is 0 Å². The van der Waals surface area contributed by atoms with E-state index in [4.69, 9.17) is 5.73 Å². The summed E-state index contributed by atoms with van der Waals surface area (Å²) in [6.45, 7) is 2.51. The standard InChI is InChI=1S/C19H21N5O/c1-11-13-4-2-3-5-15(13)24-18(11)16-9-21-10-17(23-16)19(25)22-8-14(20)12-6-7-12/h2-5,9-10,12,14,24H,6-8,20H2,1H3,(H,22,25). The van der Waals surface area contributed by atoms with Crippen molar-refractivity contribution in [3.8, 4) is 11.4 Å². The minimum absolute atomic E-state index is 0.0241. The first-order valence-corrected chi connectivity index (χ1v) is 8.57. The maximum Gasteiger partial charge on any atom is 0.271 e. The van der Waals surface area contributed by atoms with Crippen LogP contribution in [0.3, 0.4) is 0 Å². The van der Waals surface area contributed by atoms with Crippen molar-refractivity contribution in [3.63, 3.8) is 0 Å². The van der Waals surface area contributed by atoms with E-state index in [0.717, 1.165) is 35.0 Å². The van der Waals surface area contributed by atoms with E-state index < -0.39 is 0 Å². The summed E-state index contributed by atoms with van der Waals surface area (Å²) in [7, 11) is 0. The van der Waals surface area contributed by atoms with Crippen LogP contribution >= 0.6 is 0 Å². The summed E-state index contributed by atoms with van der Waals surface area (Å²) in [6, 6.07) is 8.10. The van der Waals surface area contributed by atoms with Crippen molar-refractivity contribution in [3.05, 3.63) is 47.9 Å². The molecule has 1 unspecified atom stereocenters. The molecule has 0 saturated heterocycles. The number of aryl methyl sites for hydroxylation is 1. The van der Waals surface area contributed by atoms with E-state index in [9.17, 15) is 4.79 Å². The van der Waals surface area contributed by atoms with Gasteiger partial charge in [0.1, 0.15) is 11.4 Å². The van der Waals surface area contributed by atoms with E-state index in [2.05, 4.69) is 26.3 Å². The van der Waals surface area contributed by atoms with Gasteiger partial charge in [0, 0.05) is 23.5 Å². The van der Waals surface area contributed by atoms with Gasteiger partial charge < -0.3 is 16.0 Å². The van der Waals surface area contributed by atoms with E-state index in [-0.39, 0.29) is 11.9 Å². The summed E-state index contributed by atoms with van der Waals surface area (Å²) in [5, 5.41) is 4.01. The van der Waals surface area contributed by atoms with Gasteiger partial charge in [-0.2, -0.15) is 0 Å². The molecular formula is C19H21N5O. The minimum Gasteiger partial charge on any atom is -0.353 e. The van der Waals surface area contributed by atoms with Crippen LogP contribution in [0.25, 0.3) is 22.3 Å². The number of H-pyrrole nitrogens is 1. The van der Waals surface area contributed by atoms with Gasteiger partial charge in [0.2, 0.25) is 0 Å². The number of carbonyl (C=O) groups is 1. The van der Waals surface area contributed by atoms with Crippen molar-refractivity contribution in [2.75, 3.05) is 6.54 Å². The Hall–Kier alpha value is -2.73. The van der Waals surface area contributed by atoms with Gasteiger partial charge in [-0.3, -0.25) is 9.78 Å². The molecule has 0 aliphatic heterocycles. The molecule has 2 aromatic heterocycles. The van der Waals surface area contributed by atoms with E-state index >= 15 is 0 Å². The van der Waals surface area contributed by atoms with Crippen molar-refractivity contribution in [2.45, 2.75) is 25.8 Å². The second-order valence-corrected chi connectivity index (χ2v) is 6.67. The second-order valence-electron chi connectivity index (χ2n) is 6.67. The summed E-state index contributed by atoms with van der Waals surface area (Å²) >= 11 is 0. The highest BCUT2D eigenvalue weighted by atomic mass is 16.1. The van der Waals surface area contributed by atoms with Crippen LogP contribution in [0, 0.1) is 12.8 Å². The lowest BCUT2D eigenvalue weighted by atomic mass is 10.1. The average Bonchev–Trinajstić information content (AvgIpc) is 3.44. The van der Waals surface area contributed by atoms with Gasteiger partial charge in [-0.05, 0) is 37.3 Å². The largest absolute Gasteiger partial charge is 0.353 e. The minimum atomic E-state index is -0.237. The van der Waals surface area contributed by atoms with Gasteiger partial charge in [-0.1, -0.05) is 18.2 Å². The molecule has 1 aromatic carbocycles. The van der Waals surface area contributed by atoms with Crippen molar-refractivity contribution < 1.29 is 4.79 Å². The molecule has 1 saturated carbocycles. The first-order chi connectivity index (χ1) is 12.1. The fourth-order valence-electron chi connectivity index (χ4n) is 3.13. The smallest absolute Gasteiger partial charge is 0.271 e. The number of nitrogens with two attached hydrogens (primary N) is 1. The number of para-hydroxylation sites is 1. The molecule has 0 spiro atoms. The molecule has 128 valence electrons. The van der Waals surface area contributed by atoms with Gasteiger partial charge in [-0.15, -0.1) is 0 Å². The number of benzene rings is 1. The topological polar surface area (TPSA) is 96.7 Å². The number of carbonyl (C=O) groups excluding carboxylic acids is 1. The molecular weight excluding hydrogens is 314 g/mol. The molecule has 1 aliphatic rings. The Morgan fingerprint density at radius 1 is 1.36 bits per heavy atom. The number of nitrogens with zero attached hydrogens (tertiary/aromatic N) is 2. The fourth-order valence-corrected chi connectivity index (χ4v) is 3.13. The Balaban J connectivity index is 1.57. The lowest BCUT2D eigenvalue weighted by Gasteiger charge is -2.11. The molecule has 1 atom stereocenters. The molecule has 3 aromatic rings. The number of nitrogens with one attached hydrogen (secondary N) is 2. The highest BCUT2D eigenvalue weighted by Gasteiger charge is 2.28. The zero-order valence-electron chi connectivity index (χ0n) is 14.1. The summed E-state index contributed by atoms with van der Waals surface area (Å²) in [4.78, 5) is 24.4. The first-order valence-electron chi connectivity index (χ1n) is 8.57.